The zero-order chi connectivity index (χ0) is 14.0. The van der Waals surface area contributed by atoms with E-state index in [4.69, 9.17) is 5.73 Å². The van der Waals surface area contributed by atoms with Gasteiger partial charge in [0, 0.05) is 21.8 Å². The van der Waals surface area contributed by atoms with Crippen molar-refractivity contribution in [2.45, 2.75) is 0 Å². The van der Waals surface area contributed by atoms with Gasteiger partial charge in [-0.2, -0.15) is 0 Å². The number of hydrogen-bond acceptors (Lipinski definition) is 2. The first-order chi connectivity index (χ1) is 8.97. The molecule has 2 aromatic carbocycles. The molecule has 98 valence electrons. The number of carbonyl (C=O) groups is 1. The Bertz CT molecular complexity index is 647. The van der Waals surface area contributed by atoms with Crippen LogP contribution in [0, 0.1) is 11.6 Å². The third-order valence-corrected chi connectivity index (χ3v) is 3.13. The zero-order valence-electron chi connectivity index (χ0n) is 9.58. The Labute approximate surface area is 116 Å². The van der Waals surface area contributed by atoms with E-state index in [0.29, 0.717) is 21.8 Å². The molecule has 0 aliphatic heterocycles. The number of nitrogen functional groups attached to an aromatic ring is 1. The minimum absolute atomic E-state index is 0.0839. The standard InChI is InChI=1S/C13H9BrF2N2O/c14-9-5-7(1-3-11(9)17)13(19)18-12-4-2-8(15)6-10(12)16/h1-6H,17H2,(H,18,19). The lowest BCUT2D eigenvalue weighted by molar-refractivity contribution is 0.102. The fourth-order valence-corrected chi connectivity index (χ4v) is 1.83. The minimum atomic E-state index is -0.831. The Hall–Kier alpha value is -1.95. The summed E-state index contributed by atoms with van der Waals surface area (Å²) in [6, 6.07) is 7.52. The number of rotatable bonds is 2. The second-order valence-electron chi connectivity index (χ2n) is 3.81. The average Bonchev–Trinajstić information content (AvgIpc) is 2.36. The molecule has 19 heavy (non-hydrogen) atoms. The summed E-state index contributed by atoms with van der Waals surface area (Å²) in [5.41, 5.74) is 6.32. The lowest BCUT2D eigenvalue weighted by Crippen LogP contribution is -2.13. The molecule has 0 saturated heterocycles. The van der Waals surface area contributed by atoms with E-state index in [0.717, 1.165) is 12.1 Å². The molecule has 0 unspecified atom stereocenters. The number of nitrogens with one attached hydrogen (secondary N) is 1. The average molecular weight is 327 g/mol. The van der Waals surface area contributed by atoms with Crippen molar-refractivity contribution < 1.29 is 13.6 Å². The van der Waals surface area contributed by atoms with Crippen LogP contribution >= 0.6 is 15.9 Å². The quantitative estimate of drug-likeness (QED) is 0.829. The topological polar surface area (TPSA) is 55.1 Å². The van der Waals surface area contributed by atoms with Crippen LogP contribution in [-0.2, 0) is 0 Å². The van der Waals surface area contributed by atoms with Crippen LogP contribution in [0.4, 0.5) is 20.2 Å². The molecule has 0 aromatic heterocycles. The maximum Gasteiger partial charge on any atom is 0.255 e. The summed E-state index contributed by atoms with van der Waals surface area (Å²) < 4.78 is 26.7. The number of benzene rings is 2. The maximum atomic E-state index is 13.4. The number of carbonyl (C=O) groups excluding carboxylic acids is 1. The van der Waals surface area contributed by atoms with Crippen molar-refractivity contribution in [3.05, 3.63) is 58.1 Å². The van der Waals surface area contributed by atoms with Crippen molar-refractivity contribution >= 4 is 33.2 Å². The first-order valence-corrected chi connectivity index (χ1v) is 6.08. The van der Waals surface area contributed by atoms with Gasteiger partial charge < -0.3 is 11.1 Å². The van der Waals surface area contributed by atoms with E-state index < -0.39 is 17.5 Å². The summed E-state index contributed by atoms with van der Waals surface area (Å²) >= 11 is 3.20. The SMILES string of the molecule is Nc1ccc(C(=O)Nc2ccc(F)cc2F)cc1Br. The molecule has 3 nitrogen and oxygen atoms in total. The second kappa shape index (κ2) is 5.36. The van der Waals surface area contributed by atoms with Gasteiger partial charge in [-0.1, -0.05) is 0 Å². The molecule has 0 heterocycles. The van der Waals surface area contributed by atoms with Gasteiger partial charge in [-0.15, -0.1) is 0 Å². The summed E-state index contributed by atoms with van der Waals surface area (Å²) in [6.07, 6.45) is 0. The molecule has 0 fully saturated rings. The molecule has 3 N–H and O–H groups in total. The largest absolute Gasteiger partial charge is 0.398 e. The van der Waals surface area contributed by atoms with Crippen LogP contribution in [0.3, 0.4) is 0 Å². The van der Waals surface area contributed by atoms with E-state index in [2.05, 4.69) is 21.2 Å². The van der Waals surface area contributed by atoms with E-state index in [1.165, 1.54) is 12.1 Å². The Morgan fingerprint density at radius 2 is 1.89 bits per heavy atom. The van der Waals surface area contributed by atoms with Crippen LogP contribution < -0.4 is 11.1 Å². The first kappa shape index (κ1) is 13.5. The van der Waals surface area contributed by atoms with E-state index in [1.807, 2.05) is 0 Å². The second-order valence-corrected chi connectivity index (χ2v) is 4.67. The fraction of sp³-hybridized carbons (Fsp3) is 0. The van der Waals surface area contributed by atoms with E-state index in [1.54, 1.807) is 6.07 Å². The molecule has 0 saturated carbocycles. The smallest absolute Gasteiger partial charge is 0.255 e. The summed E-state index contributed by atoms with van der Waals surface area (Å²) in [5.74, 6) is -2.04. The lowest BCUT2D eigenvalue weighted by atomic mass is 10.2. The zero-order valence-corrected chi connectivity index (χ0v) is 11.2. The molecule has 2 rings (SSSR count). The van der Waals surface area contributed by atoms with Crippen LogP contribution in [0.5, 0.6) is 0 Å². The van der Waals surface area contributed by atoms with Crippen molar-refractivity contribution in [3.8, 4) is 0 Å². The highest BCUT2D eigenvalue weighted by atomic mass is 79.9. The summed E-state index contributed by atoms with van der Waals surface area (Å²) in [7, 11) is 0. The molecule has 0 spiro atoms. The van der Waals surface area contributed by atoms with Crippen LogP contribution in [0.25, 0.3) is 0 Å². The number of amides is 1. The van der Waals surface area contributed by atoms with Gasteiger partial charge in [-0.05, 0) is 46.3 Å². The summed E-state index contributed by atoms with van der Waals surface area (Å²) in [5, 5.41) is 2.36. The highest BCUT2D eigenvalue weighted by Gasteiger charge is 2.11. The van der Waals surface area contributed by atoms with Gasteiger partial charge >= 0.3 is 0 Å². The maximum absolute atomic E-state index is 13.4. The van der Waals surface area contributed by atoms with Gasteiger partial charge in [-0.25, -0.2) is 8.78 Å². The van der Waals surface area contributed by atoms with Gasteiger partial charge in [0.05, 0.1) is 5.69 Å². The highest BCUT2D eigenvalue weighted by Crippen LogP contribution is 2.22. The number of hydrogen-bond donors (Lipinski definition) is 2. The molecule has 0 aliphatic carbocycles. The van der Waals surface area contributed by atoms with Crippen molar-refractivity contribution in [2.24, 2.45) is 0 Å². The Morgan fingerprint density at radius 3 is 2.53 bits per heavy atom. The molecule has 6 heteroatoms. The number of anilines is 2. The van der Waals surface area contributed by atoms with Crippen molar-refractivity contribution in [2.75, 3.05) is 11.1 Å². The van der Waals surface area contributed by atoms with Gasteiger partial charge in [0.1, 0.15) is 11.6 Å². The number of nitrogens with two attached hydrogens (primary N) is 1. The fourth-order valence-electron chi connectivity index (χ4n) is 1.45. The lowest BCUT2D eigenvalue weighted by Gasteiger charge is -2.07. The Kier molecular flexibility index (Phi) is 3.80. The van der Waals surface area contributed by atoms with Gasteiger partial charge in [0.15, 0.2) is 0 Å². The van der Waals surface area contributed by atoms with Crippen LogP contribution in [-0.4, -0.2) is 5.91 Å². The minimum Gasteiger partial charge on any atom is -0.398 e. The summed E-state index contributed by atoms with van der Waals surface area (Å²) in [6.45, 7) is 0. The number of halogens is 3. The molecule has 0 radical (unpaired) electrons. The molecule has 0 atom stereocenters. The highest BCUT2D eigenvalue weighted by molar-refractivity contribution is 9.10. The Morgan fingerprint density at radius 1 is 1.16 bits per heavy atom. The molecule has 2 aromatic rings. The van der Waals surface area contributed by atoms with Gasteiger partial charge in [0.25, 0.3) is 5.91 Å². The van der Waals surface area contributed by atoms with Crippen molar-refractivity contribution in [1.29, 1.82) is 0 Å². The third kappa shape index (κ3) is 3.08. The van der Waals surface area contributed by atoms with E-state index in [-0.39, 0.29) is 5.69 Å². The van der Waals surface area contributed by atoms with E-state index >= 15 is 0 Å². The molecule has 1 amide bonds. The predicted octanol–water partition coefficient (Wildman–Crippen LogP) is 3.56. The monoisotopic (exact) mass is 326 g/mol. The van der Waals surface area contributed by atoms with Crippen LogP contribution in [0.2, 0.25) is 0 Å². The van der Waals surface area contributed by atoms with Crippen LogP contribution in [0.15, 0.2) is 40.9 Å². The van der Waals surface area contributed by atoms with Crippen molar-refractivity contribution in [1.82, 2.24) is 0 Å². The molecule has 0 aliphatic rings. The normalized spacial score (nSPS) is 10.3. The van der Waals surface area contributed by atoms with Crippen LogP contribution in [0.1, 0.15) is 10.4 Å². The van der Waals surface area contributed by atoms with E-state index in [9.17, 15) is 13.6 Å². The van der Waals surface area contributed by atoms with Gasteiger partial charge in [-0.3, -0.25) is 4.79 Å². The predicted molar refractivity (Wildman–Crippen MR) is 72.9 cm³/mol. The van der Waals surface area contributed by atoms with Crippen molar-refractivity contribution in [3.63, 3.8) is 0 Å². The van der Waals surface area contributed by atoms with Gasteiger partial charge in [0.2, 0.25) is 0 Å². The molecular weight excluding hydrogens is 318 g/mol. The Balaban J connectivity index is 2.23. The third-order valence-electron chi connectivity index (χ3n) is 2.44. The molecular formula is C13H9BrF2N2O. The first-order valence-electron chi connectivity index (χ1n) is 5.29. The molecule has 0 bridgehead atoms. The summed E-state index contributed by atoms with van der Waals surface area (Å²) in [4.78, 5) is 11.9.